The van der Waals surface area contributed by atoms with Crippen LogP contribution in [0.25, 0.3) is 0 Å². The third-order valence-corrected chi connectivity index (χ3v) is 16.5. The van der Waals surface area contributed by atoms with Gasteiger partial charge in [-0.2, -0.15) is 0 Å². The molecule has 3 unspecified atom stereocenters. The van der Waals surface area contributed by atoms with Gasteiger partial charge in [-0.05, 0) is 109 Å². The van der Waals surface area contributed by atoms with E-state index in [0.717, 1.165) is 109 Å². The molecule has 0 rings (SSSR count). The number of quaternary nitrogens is 1. The summed E-state index contributed by atoms with van der Waals surface area (Å²) in [6, 6.07) is -0.884. The Morgan fingerprint density at radius 1 is 0.393 bits per heavy atom. The summed E-state index contributed by atoms with van der Waals surface area (Å²) >= 11 is 0. The number of likely N-dealkylation sites (N-methyl/N-ethyl adjacent to an activating group) is 1. The van der Waals surface area contributed by atoms with E-state index in [0.29, 0.717) is 23.9 Å². The average Bonchev–Trinajstić information content (AvgIpc) is 3.55. The summed E-state index contributed by atoms with van der Waals surface area (Å²) in [7, 11) is 1.53. The van der Waals surface area contributed by atoms with Crippen LogP contribution >= 0.6 is 7.82 Å². The molecule has 0 heterocycles. The number of allylic oxidation sites excluding steroid dienone is 25. The quantitative estimate of drug-likeness (QED) is 0.0243. The molecule has 0 saturated heterocycles. The van der Waals surface area contributed by atoms with Crippen molar-refractivity contribution in [3.05, 3.63) is 158 Å². The van der Waals surface area contributed by atoms with E-state index >= 15 is 0 Å². The van der Waals surface area contributed by atoms with Gasteiger partial charge in [0.2, 0.25) is 5.91 Å². The second kappa shape index (κ2) is 68.5. The Hall–Kier alpha value is -3.88. The van der Waals surface area contributed by atoms with E-state index in [4.69, 9.17) is 9.05 Å². The minimum atomic E-state index is -4.38. The molecule has 8 nitrogen and oxygen atoms in total. The molecule has 508 valence electrons. The molecule has 0 aliphatic rings. The fourth-order valence-corrected chi connectivity index (χ4v) is 10.6. The molecule has 0 aromatic rings. The standard InChI is InChI=1S/C80H137N2O6P/c1-6-8-10-12-14-16-18-20-22-24-26-28-30-32-34-36-37-38-39-40-41-42-43-44-45-46-48-50-52-54-56-58-60-62-64-66-68-70-72-74-80(84)81-78(77-88-89(85,86)87-76-75-82(3,4)5)79(83)73-71-69-67-65-63-61-59-57-55-53-51-49-47-35-33-31-29-27-25-23-21-19-17-15-13-11-9-7-2/h8,10,14,16,20,22,26,28,32,34,37-38,40-41,43-44,46,48,52,54,58,60,64,66,71,73,78-79,83H,6-7,9,11-13,15,17-19,21,23-25,27,29-31,33,35-36,39,42,45,47,49-51,53,55-57,59,61-63,65,67-70,72,74-77H2,1-5H3,(H-,81,84,85,86)/p+1/b10-8-,16-14-,22-20-,28-26-,34-32-,38-37-,41-40-,44-43-,48-46-,54-52-,60-58-,66-64-,73-71+. The summed E-state index contributed by atoms with van der Waals surface area (Å²) < 4.78 is 23.8. The second-order valence-corrected chi connectivity index (χ2v) is 26.7. The van der Waals surface area contributed by atoms with Crippen LogP contribution in [-0.2, 0) is 18.4 Å². The molecule has 0 aliphatic carbocycles. The first-order chi connectivity index (χ1) is 43.5. The van der Waals surface area contributed by atoms with Gasteiger partial charge in [0.15, 0.2) is 0 Å². The van der Waals surface area contributed by atoms with E-state index in [1.165, 1.54) is 154 Å². The molecule has 0 aromatic carbocycles. The Labute approximate surface area is 550 Å². The molecule has 89 heavy (non-hydrogen) atoms. The summed E-state index contributed by atoms with van der Waals surface area (Å²) in [5.74, 6) is -0.222. The van der Waals surface area contributed by atoms with Crippen molar-refractivity contribution in [3.63, 3.8) is 0 Å². The summed E-state index contributed by atoms with van der Waals surface area (Å²) in [5.41, 5.74) is 0. The van der Waals surface area contributed by atoms with Crippen LogP contribution in [0, 0.1) is 0 Å². The van der Waals surface area contributed by atoms with Crippen LogP contribution in [0.1, 0.15) is 290 Å². The predicted molar refractivity (Wildman–Crippen MR) is 391 cm³/mol. The predicted octanol–water partition coefficient (Wildman–Crippen LogP) is 23.7. The fraction of sp³-hybridized carbons (Fsp3) is 0.662. The fourth-order valence-electron chi connectivity index (χ4n) is 9.91. The molecule has 3 atom stereocenters. The van der Waals surface area contributed by atoms with Gasteiger partial charge in [0, 0.05) is 6.42 Å². The highest BCUT2D eigenvalue weighted by atomic mass is 31.2. The van der Waals surface area contributed by atoms with Crippen LogP contribution in [0.15, 0.2) is 158 Å². The first-order valence-corrected chi connectivity index (χ1v) is 37.9. The van der Waals surface area contributed by atoms with Gasteiger partial charge in [-0.1, -0.05) is 332 Å². The summed E-state index contributed by atoms with van der Waals surface area (Å²) in [5, 5.41) is 14.0. The van der Waals surface area contributed by atoms with Gasteiger partial charge < -0.3 is 19.8 Å². The number of unbranched alkanes of at least 4 members (excludes halogenated alkanes) is 28. The monoisotopic (exact) mass is 1250 g/mol. The van der Waals surface area contributed by atoms with Gasteiger partial charge in [-0.3, -0.25) is 13.8 Å². The van der Waals surface area contributed by atoms with Crippen molar-refractivity contribution < 1.29 is 32.9 Å². The van der Waals surface area contributed by atoms with Crippen molar-refractivity contribution in [1.29, 1.82) is 0 Å². The number of phosphoric acid groups is 1. The number of carbonyl (C=O) groups is 1. The lowest BCUT2D eigenvalue weighted by Crippen LogP contribution is -2.45. The molecule has 0 spiro atoms. The SMILES string of the molecule is CC/C=C\C/C=C\C/C=C\C/C=C\C/C=C\C/C=C\C/C=C\C/C=C\C/C=C\C/C=C\C/C=C\C/C=C\CCCCC(=O)NC(COP(=O)(O)OCC[N+](C)(C)C)C(O)/C=C/CCCCCCCCCCCCCCCCCCCCCCCCCCCC. The van der Waals surface area contributed by atoms with Crippen molar-refractivity contribution >= 4 is 13.7 Å². The van der Waals surface area contributed by atoms with Crippen LogP contribution in [0.3, 0.4) is 0 Å². The van der Waals surface area contributed by atoms with E-state index in [9.17, 15) is 19.4 Å². The topological polar surface area (TPSA) is 105 Å². The number of nitrogens with zero attached hydrogens (tertiary/aromatic N) is 1. The van der Waals surface area contributed by atoms with Gasteiger partial charge in [-0.25, -0.2) is 4.57 Å². The lowest BCUT2D eigenvalue weighted by molar-refractivity contribution is -0.870. The third-order valence-electron chi connectivity index (χ3n) is 15.5. The van der Waals surface area contributed by atoms with Crippen molar-refractivity contribution in [1.82, 2.24) is 5.32 Å². The minimum Gasteiger partial charge on any atom is -0.387 e. The van der Waals surface area contributed by atoms with Crippen molar-refractivity contribution in [2.45, 2.75) is 302 Å². The Morgan fingerprint density at radius 3 is 0.989 bits per heavy atom. The Balaban J connectivity index is 4.22. The number of nitrogens with one attached hydrogen (secondary N) is 1. The lowest BCUT2D eigenvalue weighted by atomic mass is 10.0. The first kappa shape index (κ1) is 85.1. The van der Waals surface area contributed by atoms with Crippen LogP contribution in [0.4, 0.5) is 0 Å². The molecular formula is C80H138N2O6P+. The maximum absolute atomic E-state index is 13.0. The van der Waals surface area contributed by atoms with Crippen molar-refractivity contribution in [2.24, 2.45) is 0 Å². The highest BCUT2D eigenvalue weighted by Crippen LogP contribution is 2.43. The average molecular weight is 1250 g/mol. The zero-order valence-electron chi connectivity index (χ0n) is 58.1. The Kier molecular flexibility index (Phi) is 65.5. The molecule has 9 heteroatoms. The number of carbonyl (C=O) groups excluding carboxylic acids is 1. The normalized spacial score (nSPS) is 14.6. The van der Waals surface area contributed by atoms with Crippen LogP contribution in [-0.4, -0.2) is 73.4 Å². The number of amides is 1. The van der Waals surface area contributed by atoms with E-state index < -0.39 is 20.0 Å². The van der Waals surface area contributed by atoms with Gasteiger partial charge >= 0.3 is 7.82 Å². The van der Waals surface area contributed by atoms with Gasteiger partial charge in [0.05, 0.1) is 39.9 Å². The zero-order valence-corrected chi connectivity index (χ0v) is 59.0. The largest absolute Gasteiger partial charge is 0.472 e. The number of phosphoric ester groups is 1. The number of aliphatic hydroxyl groups excluding tert-OH is 1. The van der Waals surface area contributed by atoms with Crippen LogP contribution in [0.2, 0.25) is 0 Å². The third kappa shape index (κ3) is 71.4. The molecule has 0 fully saturated rings. The summed E-state index contributed by atoms with van der Waals surface area (Å²) in [6.07, 6.45) is 107. The number of aliphatic hydroxyl groups is 1. The van der Waals surface area contributed by atoms with E-state index in [-0.39, 0.29) is 19.1 Å². The maximum Gasteiger partial charge on any atom is 0.472 e. The maximum atomic E-state index is 13.0. The smallest absolute Gasteiger partial charge is 0.387 e. The van der Waals surface area contributed by atoms with Crippen LogP contribution < -0.4 is 5.32 Å². The molecule has 0 radical (unpaired) electrons. The molecule has 3 N–H and O–H groups in total. The highest BCUT2D eigenvalue weighted by molar-refractivity contribution is 7.47. The summed E-state index contributed by atoms with van der Waals surface area (Å²) in [4.78, 5) is 23.4. The molecule has 0 bridgehead atoms. The van der Waals surface area contributed by atoms with Gasteiger partial charge in [-0.15, -0.1) is 0 Å². The number of rotatable bonds is 65. The van der Waals surface area contributed by atoms with Crippen molar-refractivity contribution in [2.75, 3.05) is 40.9 Å². The van der Waals surface area contributed by atoms with Crippen LogP contribution in [0.5, 0.6) is 0 Å². The van der Waals surface area contributed by atoms with Gasteiger partial charge in [0.1, 0.15) is 13.2 Å². The van der Waals surface area contributed by atoms with E-state index in [1.54, 1.807) is 6.08 Å². The molecule has 0 aromatic heterocycles. The summed E-state index contributed by atoms with van der Waals surface area (Å²) in [6.45, 7) is 4.68. The molecule has 0 saturated carbocycles. The molecule has 1 amide bonds. The Bertz CT molecular complexity index is 2010. The molecule has 0 aliphatic heterocycles. The van der Waals surface area contributed by atoms with Gasteiger partial charge in [0.25, 0.3) is 0 Å². The second-order valence-electron chi connectivity index (χ2n) is 25.2. The first-order valence-electron chi connectivity index (χ1n) is 36.4. The highest BCUT2D eigenvalue weighted by Gasteiger charge is 2.28. The number of hydrogen-bond acceptors (Lipinski definition) is 5. The lowest BCUT2D eigenvalue weighted by Gasteiger charge is -2.25. The van der Waals surface area contributed by atoms with Crippen molar-refractivity contribution in [3.8, 4) is 0 Å². The van der Waals surface area contributed by atoms with E-state index in [1.807, 2.05) is 27.2 Å². The zero-order chi connectivity index (χ0) is 64.8. The Morgan fingerprint density at radius 2 is 0.674 bits per heavy atom. The molecular weight excluding hydrogens is 1120 g/mol. The minimum absolute atomic E-state index is 0.0449. The van der Waals surface area contributed by atoms with E-state index in [2.05, 4.69) is 165 Å². The number of hydrogen-bond donors (Lipinski definition) is 3.